The zero-order valence-corrected chi connectivity index (χ0v) is 21.9. The van der Waals surface area contributed by atoms with Crippen LogP contribution in [0.3, 0.4) is 0 Å². The Balaban J connectivity index is 1.75. The smallest absolute Gasteiger partial charge is 0.350 e. The minimum absolute atomic E-state index is 0.154. The van der Waals surface area contributed by atoms with E-state index >= 15 is 0 Å². The highest BCUT2D eigenvalue weighted by Gasteiger charge is 2.23. The highest BCUT2D eigenvalue weighted by atomic mass is 32.2. The number of nitrogens with zero attached hydrogens (tertiary/aromatic N) is 2. The molecule has 0 aliphatic heterocycles. The van der Waals surface area contributed by atoms with E-state index in [2.05, 4.69) is 43.2 Å². The molecule has 1 amide bonds. The number of aromatic nitrogens is 2. The number of esters is 1. The second kappa shape index (κ2) is 10.7. The number of anilines is 1. The maximum atomic E-state index is 13.0. The van der Waals surface area contributed by atoms with Crippen molar-refractivity contribution in [1.29, 1.82) is 0 Å². The molecular formula is C25H31N3O3S2. The van der Waals surface area contributed by atoms with Crippen LogP contribution < -0.4 is 5.32 Å². The van der Waals surface area contributed by atoms with Crippen molar-refractivity contribution < 1.29 is 14.3 Å². The van der Waals surface area contributed by atoms with Crippen LogP contribution in [0.4, 0.5) is 5.13 Å². The number of thioether (sulfide) groups is 1. The molecule has 0 saturated heterocycles. The van der Waals surface area contributed by atoms with Crippen LogP contribution in [0, 0.1) is 33.6 Å². The largest absolute Gasteiger partial charge is 0.461 e. The topological polar surface area (TPSA) is 81.2 Å². The van der Waals surface area contributed by atoms with Crippen molar-refractivity contribution in [3.05, 3.63) is 45.5 Å². The molecule has 0 spiro atoms. The monoisotopic (exact) mass is 485 g/mol. The van der Waals surface area contributed by atoms with Crippen LogP contribution in [-0.2, 0) is 9.53 Å². The number of carbonyl (C=O) groups is 2. The summed E-state index contributed by atoms with van der Waals surface area (Å²) in [5.41, 5.74) is 5.01. The molecule has 0 aliphatic carbocycles. The highest BCUT2D eigenvalue weighted by Crippen LogP contribution is 2.31. The van der Waals surface area contributed by atoms with Crippen LogP contribution >= 0.6 is 23.1 Å². The molecule has 1 aromatic carbocycles. The summed E-state index contributed by atoms with van der Waals surface area (Å²) < 4.78 is 5.31. The van der Waals surface area contributed by atoms with Crippen molar-refractivity contribution >= 4 is 51.0 Å². The SMILES string of the molecule is CCC(Sc1cc(C)c2cc(C)cc(C)c2n1)C(=O)Nc1nc(C)c(C(=O)OCC(C)C)s1. The van der Waals surface area contributed by atoms with Gasteiger partial charge in [-0.3, -0.25) is 4.79 Å². The van der Waals surface area contributed by atoms with Gasteiger partial charge in [0.05, 0.1) is 28.1 Å². The fourth-order valence-electron chi connectivity index (χ4n) is 3.48. The van der Waals surface area contributed by atoms with Gasteiger partial charge in [0.25, 0.3) is 0 Å². The summed E-state index contributed by atoms with van der Waals surface area (Å²) in [6.07, 6.45) is 0.635. The number of carbonyl (C=O) groups excluding carboxylic acids is 2. The summed E-state index contributed by atoms with van der Waals surface area (Å²) in [4.78, 5) is 34.9. The van der Waals surface area contributed by atoms with Gasteiger partial charge in [0.1, 0.15) is 4.88 Å². The maximum absolute atomic E-state index is 13.0. The minimum Gasteiger partial charge on any atom is -0.461 e. The van der Waals surface area contributed by atoms with E-state index in [1.54, 1.807) is 6.92 Å². The third kappa shape index (κ3) is 6.12. The van der Waals surface area contributed by atoms with Crippen molar-refractivity contribution in [3.63, 3.8) is 0 Å². The first-order chi connectivity index (χ1) is 15.6. The van der Waals surface area contributed by atoms with Crippen LogP contribution in [0.15, 0.2) is 23.2 Å². The molecule has 33 heavy (non-hydrogen) atoms. The van der Waals surface area contributed by atoms with Gasteiger partial charge in [-0.1, -0.05) is 55.5 Å². The van der Waals surface area contributed by atoms with Gasteiger partial charge in [-0.15, -0.1) is 0 Å². The number of rotatable bonds is 8. The maximum Gasteiger partial charge on any atom is 0.350 e. The van der Waals surface area contributed by atoms with E-state index in [9.17, 15) is 9.59 Å². The summed E-state index contributed by atoms with van der Waals surface area (Å²) in [6.45, 7) is 14.3. The quantitative estimate of drug-likeness (QED) is 0.300. The fourth-order valence-corrected chi connectivity index (χ4v) is 5.35. The van der Waals surface area contributed by atoms with Crippen molar-refractivity contribution in [2.24, 2.45) is 5.92 Å². The molecule has 1 atom stereocenters. The van der Waals surface area contributed by atoms with Gasteiger partial charge < -0.3 is 10.1 Å². The van der Waals surface area contributed by atoms with E-state index in [0.717, 1.165) is 38.4 Å². The molecular weight excluding hydrogens is 454 g/mol. The molecule has 6 nitrogen and oxygen atoms in total. The Bertz CT molecular complexity index is 1190. The number of ether oxygens (including phenoxy) is 1. The van der Waals surface area contributed by atoms with E-state index in [0.29, 0.717) is 28.7 Å². The number of pyridine rings is 1. The second-order valence-corrected chi connectivity index (χ2v) is 10.9. The molecule has 0 aliphatic rings. The van der Waals surface area contributed by atoms with Gasteiger partial charge in [0.15, 0.2) is 5.13 Å². The van der Waals surface area contributed by atoms with Crippen molar-refractivity contribution in [1.82, 2.24) is 9.97 Å². The molecule has 0 saturated carbocycles. The van der Waals surface area contributed by atoms with Gasteiger partial charge in [-0.2, -0.15) is 0 Å². The van der Waals surface area contributed by atoms with Gasteiger partial charge in [-0.05, 0) is 63.3 Å². The van der Waals surface area contributed by atoms with E-state index in [1.165, 1.54) is 17.3 Å². The Morgan fingerprint density at radius 3 is 2.48 bits per heavy atom. The Hall–Kier alpha value is -2.45. The van der Waals surface area contributed by atoms with Crippen molar-refractivity contribution in [3.8, 4) is 0 Å². The molecule has 3 aromatic rings. The van der Waals surface area contributed by atoms with Crippen molar-refractivity contribution in [2.45, 2.75) is 65.2 Å². The summed E-state index contributed by atoms with van der Waals surface area (Å²) in [5, 5.41) is 4.91. The van der Waals surface area contributed by atoms with E-state index in [1.807, 2.05) is 26.8 Å². The number of hydrogen-bond donors (Lipinski definition) is 1. The summed E-state index contributed by atoms with van der Waals surface area (Å²) >= 11 is 2.60. The minimum atomic E-state index is -0.401. The second-order valence-electron chi connectivity index (χ2n) is 8.69. The lowest BCUT2D eigenvalue weighted by molar-refractivity contribution is -0.115. The van der Waals surface area contributed by atoms with Crippen LogP contribution in [-0.4, -0.2) is 33.7 Å². The molecule has 1 unspecified atom stereocenters. The van der Waals surface area contributed by atoms with E-state index in [4.69, 9.17) is 9.72 Å². The molecule has 0 radical (unpaired) electrons. The van der Waals surface area contributed by atoms with Crippen LogP contribution in [0.2, 0.25) is 0 Å². The summed E-state index contributed by atoms with van der Waals surface area (Å²) in [6, 6.07) is 6.32. The number of aryl methyl sites for hydroxylation is 4. The highest BCUT2D eigenvalue weighted by molar-refractivity contribution is 8.00. The number of benzene rings is 1. The van der Waals surface area contributed by atoms with Gasteiger partial charge in [0, 0.05) is 5.39 Å². The van der Waals surface area contributed by atoms with Gasteiger partial charge in [-0.25, -0.2) is 14.8 Å². The molecule has 0 fully saturated rings. The zero-order chi connectivity index (χ0) is 24.3. The molecule has 3 rings (SSSR count). The predicted octanol–water partition coefficient (Wildman–Crippen LogP) is 6.25. The Kier molecular flexibility index (Phi) is 8.13. The molecule has 176 valence electrons. The number of hydrogen-bond acceptors (Lipinski definition) is 7. The van der Waals surface area contributed by atoms with Crippen LogP contribution in [0.5, 0.6) is 0 Å². The van der Waals surface area contributed by atoms with Crippen LogP contribution in [0.25, 0.3) is 10.9 Å². The lowest BCUT2D eigenvalue weighted by atomic mass is 10.0. The lowest BCUT2D eigenvalue weighted by Gasteiger charge is -2.15. The molecule has 1 N–H and O–H groups in total. The zero-order valence-electron chi connectivity index (χ0n) is 20.2. The molecule has 8 heteroatoms. The molecule has 0 bridgehead atoms. The Labute approximate surface area is 203 Å². The van der Waals surface area contributed by atoms with Crippen LogP contribution in [0.1, 0.15) is 59.2 Å². The van der Waals surface area contributed by atoms with E-state index < -0.39 is 5.97 Å². The predicted molar refractivity (Wildman–Crippen MR) is 136 cm³/mol. The summed E-state index contributed by atoms with van der Waals surface area (Å²) in [7, 11) is 0. The Morgan fingerprint density at radius 1 is 1.09 bits per heavy atom. The Morgan fingerprint density at radius 2 is 1.82 bits per heavy atom. The van der Waals surface area contributed by atoms with Gasteiger partial charge >= 0.3 is 5.97 Å². The average molecular weight is 486 g/mol. The lowest BCUT2D eigenvalue weighted by Crippen LogP contribution is -2.24. The number of nitrogens with one attached hydrogen (secondary N) is 1. The summed E-state index contributed by atoms with van der Waals surface area (Å²) in [5.74, 6) is -0.301. The number of fused-ring (bicyclic) bond motifs is 1. The van der Waals surface area contributed by atoms with Gasteiger partial charge in [0.2, 0.25) is 5.91 Å². The first-order valence-electron chi connectivity index (χ1n) is 11.1. The first-order valence-corrected chi connectivity index (χ1v) is 12.8. The first kappa shape index (κ1) is 25.2. The average Bonchev–Trinajstić information content (AvgIpc) is 3.10. The standard InChI is InChI=1S/C25H31N3O3S2/c1-8-19(32-20-11-15(5)18-10-14(4)9-16(6)21(18)27-20)23(29)28-25-26-17(7)22(33-25)24(30)31-12-13(2)3/h9-11,13,19H,8,12H2,1-7H3,(H,26,28,29). The third-order valence-corrected chi connectivity index (χ3v) is 7.45. The molecule has 2 aromatic heterocycles. The van der Waals surface area contributed by atoms with Crippen molar-refractivity contribution in [2.75, 3.05) is 11.9 Å². The number of thiazole rings is 1. The fraction of sp³-hybridized carbons (Fsp3) is 0.440. The molecule has 2 heterocycles. The third-order valence-electron chi connectivity index (χ3n) is 5.12. The normalized spacial score (nSPS) is 12.2. The van der Waals surface area contributed by atoms with E-state index in [-0.39, 0.29) is 17.1 Å². The number of amides is 1.